The Kier molecular flexibility index (Phi) is 5.17. The molecule has 0 saturated heterocycles. The fraction of sp³-hybridized carbons (Fsp3) is 0.200. The van der Waals surface area contributed by atoms with Crippen molar-refractivity contribution in [1.29, 1.82) is 0 Å². The van der Waals surface area contributed by atoms with Gasteiger partial charge in [0.05, 0.1) is 5.56 Å². The Hall–Kier alpha value is -2.61. The minimum atomic E-state index is -4.47. The molecule has 0 aliphatic carbocycles. The van der Waals surface area contributed by atoms with Crippen molar-refractivity contribution in [2.75, 3.05) is 6.61 Å². The van der Waals surface area contributed by atoms with Crippen LogP contribution in [0.15, 0.2) is 42.6 Å². The zero-order valence-electron chi connectivity index (χ0n) is 11.8. The van der Waals surface area contributed by atoms with Crippen molar-refractivity contribution in [3.63, 3.8) is 0 Å². The number of nitrogens with one attached hydrogen (secondary N) is 1. The van der Waals surface area contributed by atoms with E-state index in [0.29, 0.717) is 5.56 Å². The molecule has 0 aliphatic heterocycles. The van der Waals surface area contributed by atoms with E-state index < -0.39 is 24.3 Å². The van der Waals surface area contributed by atoms with Gasteiger partial charge in [-0.3, -0.25) is 4.79 Å². The lowest BCUT2D eigenvalue weighted by molar-refractivity contribution is -0.137. The standard InChI is InChI=1S/C15H13F3N2O3/c16-15(17,18)11-4-1-5-12(7-11)23-14-10(3-2-6-19-14)8-20-13(22)9-21/h1-7,21H,8-9H2,(H,20,22). The van der Waals surface area contributed by atoms with Crippen LogP contribution < -0.4 is 10.1 Å². The molecular formula is C15H13F3N2O3. The molecule has 0 radical (unpaired) electrons. The van der Waals surface area contributed by atoms with Gasteiger partial charge >= 0.3 is 6.18 Å². The number of benzene rings is 1. The van der Waals surface area contributed by atoms with E-state index >= 15 is 0 Å². The summed E-state index contributed by atoms with van der Waals surface area (Å²) in [7, 11) is 0. The Bertz CT molecular complexity index is 690. The van der Waals surface area contributed by atoms with Gasteiger partial charge in [0.1, 0.15) is 12.4 Å². The number of aliphatic hydroxyl groups excluding tert-OH is 1. The van der Waals surface area contributed by atoms with Gasteiger partial charge in [-0.1, -0.05) is 12.1 Å². The van der Waals surface area contributed by atoms with Gasteiger partial charge in [-0.05, 0) is 24.3 Å². The summed E-state index contributed by atoms with van der Waals surface area (Å²) in [4.78, 5) is 15.0. The quantitative estimate of drug-likeness (QED) is 0.886. The van der Waals surface area contributed by atoms with Gasteiger partial charge in [-0.15, -0.1) is 0 Å². The summed E-state index contributed by atoms with van der Waals surface area (Å²) in [5, 5.41) is 11.1. The first-order valence-electron chi connectivity index (χ1n) is 6.56. The van der Waals surface area contributed by atoms with Crippen LogP contribution in [0.25, 0.3) is 0 Å². The number of aliphatic hydroxyl groups is 1. The van der Waals surface area contributed by atoms with E-state index in [-0.39, 0.29) is 18.2 Å². The summed E-state index contributed by atoms with van der Waals surface area (Å²) in [5.74, 6) is -0.530. The molecule has 0 atom stereocenters. The molecule has 1 amide bonds. The smallest absolute Gasteiger partial charge is 0.416 e. The Morgan fingerprint density at radius 3 is 2.74 bits per heavy atom. The van der Waals surface area contributed by atoms with Crippen LogP contribution in [0.2, 0.25) is 0 Å². The number of halogens is 3. The summed E-state index contributed by atoms with van der Waals surface area (Å²) in [5.41, 5.74) is -0.368. The lowest BCUT2D eigenvalue weighted by atomic mass is 10.2. The van der Waals surface area contributed by atoms with Gasteiger partial charge in [-0.2, -0.15) is 13.2 Å². The molecule has 2 rings (SSSR count). The average Bonchev–Trinajstić information content (AvgIpc) is 2.53. The molecule has 2 N–H and O–H groups in total. The minimum Gasteiger partial charge on any atom is -0.439 e. The predicted molar refractivity (Wildman–Crippen MR) is 74.7 cm³/mol. The molecule has 122 valence electrons. The Morgan fingerprint density at radius 2 is 2.04 bits per heavy atom. The molecule has 8 heteroatoms. The molecule has 1 aromatic carbocycles. The minimum absolute atomic E-state index is 0.0201. The average molecular weight is 326 g/mol. The van der Waals surface area contributed by atoms with Gasteiger partial charge in [0.15, 0.2) is 0 Å². The zero-order chi connectivity index (χ0) is 16.9. The highest BCUT2D eigenvalue weighted by Gasteiger charge is 2.30. The number of aromatic nitrogens is 1. The third-order valence-corrected chi connectivity index (χ3v) is 2.85. The first-order chi connectivity index (χ1) is 10.9. The Morgan fingerprint density at radius 1 is 1.26 bits per heavy atom. The second-order valence-electron chi connectivity index (χ2n) is 4.53. The van der Waals surface area contributed by atoms with E-state index in [1.807, 2.05) is 0 Å². The molecule has 0 unspecified atom stereocenters. The first kappa shape index (κ1) is 16.8. The number of alkyl halides is 3. The molecule has 1 aromatic heterocycles. The number of rotatable bonds is 5. The van der Waals surface area contributed by atoms with Crippen LogP contribution >= 0.6 is 0 Å². The van der Waals surface area contributed by atoms with Crippen LogP contribution in [-0.2, 0) is 17.5 Å². The Balaban J connectivity index is 2.19. The maximum Gasteiger partial charge on any atom is 0.416 e. The fourth-order valence-electron chi connectivity index (χ4n) is 1.75. The molecule has 2 aromatic rings. The van der Waals surface area contributed by atoms with Crippen molar-refractivity contribution >= 4 is 5.91 Å². The number of amides is 1. The summed E-state index contributed by atoms with van der Waals surface area (Å²) in [6, 6.07) is 7.61. The lowest BCUT2D eigenvalue weighted by Crippen LogP contribution is -2.25. The number of carbonyl (C=O) groups is 1. The first-order valence-corrected chi connectivity index (χ1v) is 6.56. The maximum atomic E-state index is 12.7. The molecule has 23 heavy (non-hydrogen) atoms. The second kappa shape index (κ2) is 7.10. The third-order valence-electron chi connectivity index (χ3n) is 2.85. The van der Waals surface area contributed by atoms with Gasteiger partial charge in [0.25, 0.3) is 0 Å². The normalized spacial score (nSPS) is 11.1. The number of nitrogens with zero attached hydrogens (tertiary/aromatic N) is 1. The summed E-state index contributed by atoms with van der Waals surface area (Å²) >= 11 is 0. The topological polar surface area (TPSA) is 71.5 Å². The van der Waals surface area contributed by atoms with Gasteiger partial charge < -0.3 is 15.2 Å². The van der Waals surface area contributed by atoms with E-state index in [2.05, 4.69) is 10.3 Å². The number of pyridine rings is 1. The Labute approximate surface area is 129 Å². The fourth-order valence-corrected chi connectivity index (χ4v) is 1.75. The number of hydrogen-bond acceptors (Lipinski definition) is 4. The van der Waals surface area contributed by atoms with Crippen molar-refractivity contribution in [1.82, 2.24) is 10.3 Å². The third kappa shape index (κ3) is 4.68. The van der Waals surface area contributed by atoms with Crippen LogP contribution in [0, 0.1) is 0 Å². The lowest BCUT2D eigenvalue weighted by Gasteiger charge is -2.12. The van der Waals surface area contributed by atoms with E-state index in [1.165, 1.54) is 18.3 Å². The molecular weight excluding hydrogens is 313 g/mol. The maximum absolute atomic E-state index is 12.7. The second-order valence-corrected chi connectivity index (χ2v) is 4.53. The van der Waals surface area contributed by atoms with E-state index in [1.54, 1.807) is 12.1 Å². The molecule has 1 heterocycles. The highest BCUT2D eigenvalue weighted by Crippen LogP contribution is 2.32. The van der Waals surface area contributed by atoms with Gasteiger partial charge in [-0.25, -0.2) is 4.98 Å². The number of carbonyl (C=O) groups excluding carboxylic acids is 1. The van der Waals surface area contributed by atoms with Crippen molar-refractivity contribution in [2.45, 2.75) is 12.7 Å². The number of hydrogen-bond donors (Lipinski definition) is 2. The van der Waals surface area contributed by atoms with Crippen LogP contribution in [0.1, 0.15) is 11.1 Å². The molecule has 0 aliphatic rings. The largest absolute Gasteiger partial charge is 0.439 e. The van der Waals surface area contributed by atoms with Crippen molar-refractivity contribution in [2.24, 2.45) is 0 Å². The SMILES string of the molecule is O=C(CO)NCc1cccnc1Oc1cccc(C(F)(F)F)c1. The van der Waals surface area contributed by atoms with Crippen LogP contribution in [0.3, 0.4) is 0 Å². The molecule has 0 fully saturated rings. The monoisotopic (exact) mass is 326 g/mol. The summed E-state index contributed by atoms with van der Waals surface area (Å²) in [6.45, 7) is -0.633. The number of ether oxygens (including phenoxy) is 1. The van der Waals surface area contributed by atoms with Gasteiger partial charge in [0.2, 0.25) is 11.8 Å². The molecule has 0 bridgehead atoms. The van der Waals surface area contributed by atoms with Crippen LogP contribution in [0.5, 0.6) is 11.6 Å². The summed E-state index contributed by atoms with van der Waals surface area (Å²) < 4.78 is 43.5. The molecule has 0 spiro atoms. The van der Waals surface area contributed by atoms with Crippen LogP contribution in [-0.4, -0.2) is 22.6 Å². The molecule has 5 nitrogen and oxygen atoms in total. The zero-order valence-corrected chi connectivity index (χ0v) is 11.8. The van der Waals surface area contributed by atoms with Gasteiger partial charge in [0, 0.05) is 18.3 Å². The molecule has 0 saturated carbocycles. The summed E-state index contributed by atoms with van der Waals surface area (Å²) in [6.07, 6.45) is -3.05. The van der Waals surface area contributed by atoms with Crippen molar-refractivity contribution in [3.8, 4) is 11.6 Å². The van der Waals surface area contributed by atoms with E-state index in [0.717, 1.165) is 12.1 Å². The predicted octanol–water partition coefficient (Wildman–Crippen LogP) is 2.50. The van der Waals surface area contributed by atoms with Crippen LogP contribution in [0.4, 0.5) is 13.2 Å². The highest BCUT2D eigenvalue weighted by atomic mass is 19.4. The van der Waals surface area contributed by atoms with E-state index in [4.69, 9.17) is 9.84 Å². The van der Waals surface area contributed by atoms with Crippen molar-refractivity contribution in [3.05, 3.63) is 53.7 Å². The highest BCUT2D eigenvalue weighted by molar-refractivity contribution is 5.76. The van der Waals surface area contributed by atoms with E-state index in [9.17, 15) is 18.0 Å². The van der Waals surface area contributed by atoms with Crippen molar-refractivity contribution < 1.29 is 27.8 Å².